The van der Waals surface area contributed by atoms with Crippen LogP contribution in [0.2, 0.25) is 0 Å². The van der Waals surface area contributed by atoms with E-state index < -0.39 is 48.5 Å². The van der Waals surface area contributed by atoms with Crippen LogP contribution < -0.4 is 4.72 Å². The van der Waals surface area contributed by atoms with Gasteiger partial charge in [-0.05, 0) is 24.6 Å². The van der Waals surface area contributed by atoms with Crippen molar-refractivity contribution in [3.8, 4) is 0 Å². The van der Waals surface area contributed by atoms with Crippen LogP contribution in [0.15, 0.2) is 35.5 Å². The minimum atomic E-state index is -3.88. The molecule has 0 unspecified atom stereocenters. The number of anilines is 1. The maximum absolute atomic E-state index is 14.9. The van der Waals surface area contributed by atoms with Crippen molar-refractivity contribution in [2.75, 3.05) is 16.7 Å². The number of sulfone groups is 1. The molecule has 0 radical (unpaired) electrons. The molecule has 0 fully saturated rings. The third-order valence-corrected chi connectivity index (χ3v) is 6.79. The van der Waals surface area contributed by atoms with Crippen LogP contribution in [-0.4, -0.2) is 44.6 Å². The molecule has 3 rings (SSSR count). The van der Waals surface area contributed by atoms with Gasteiger partial charge in [0.1, 0.15) is 11.5 Å². The van der Waals surface area contributed by atoms with Gasteiger partial charge in [-0.1, -0.05) is 6.92 Å². The van der Waals surface area contributed by atoms with Crippen LogP contribution in [0, 0.1) is 11.6 Å². The number of H-pyrrole nitrogens is 1. The summed E-state index contributed by atoms with van der Waals surface area (Å²) in [4.78, 5) is 19.3. The standard InChI is InChI=1S/C18H17F2N3O5S2/c1-3-6-30(27,28)23-14-5-4-13(19)15(16(14)20)17(24)12-9-22-18-11(12)7-10(8-21-18)29(2,25)26/h4-5,7-9,23H,3,6H2,1-2H3,(H,21,22). The SMILES string of the molecule is CCCS(=O)(=O)Nc1ccc(F)c(C(=O)c2c[nH]c3ncc(S(C)(=O)=O)cc23)c1F. The van der Waals surface area contributed by atoms with Gasteiger partial charge in [0, 0.05) is 29.6 Å². The lowest BCUT2D eigenvalue weighted by molar-refractivity contribution is 0.103. The van der Waals surface area contributed by atoms with Gasteiger partial charge in [-0.2, -0.15) is 0 Å². The molecular weight excluding hydrogens is 440 g/mol. The van der Waals surface area contributed by atoms with E-state index in [4.69, 9.17) is 0 Å². The molecule has 12 heteroatoms. The first-order chi connectivity index (χ1) is 13.9. The highest BCUT2D eigenvalue weighted by Gasteiger charge is 2.26. The van der Waals surface area contributed by atoms with Crippen LogP contribution >= 0.6 is 0 Å². The molecule has 0 bridgehead atoms. The number of hydrogen-bond acceptors (Lipinski definition) is 6. The Morgan fingerprint density at radius 3 is 2.53 bits per heavy atom. The first-order valence-electron chi connectivity index (χ1n) is 8.65. The summed E-state index contributed by atoms with van der Waals surface area (Å²) < 4.78 is 78.7. The smallest absolute Gasteiger partial charge is 0.232 e. The quantitative estimate of drug-likeness (QED) is 0.525. The summed E-state index contributed by atoms with van der Waals surface area (Å²) in [5.74, 6) is -3.95. The Morgan fingerprint density at radius 1 is 1.20 bits per heavy atom. The van der Waals surface area contributed by atoms with Gasteiger partial charge in [0.05, 0.1) is 21.9 Å². The van der Waals surface area contributed by atoms with Gasteiger partial charge in [0.2, 0.25) is 15.8 Å². The fraction of sp³-hybridized carbons (Fsp3) is 0.222. The van der Waals surface area contributed by atoms with Crippen LogP contribution in [-0.2, 0) is 19.9 Å². The fourth-order valence-corrected chi connectivity index (χ4v) is 4.54. The van der Waals surface area contributed by atoms with E-state index in [1.165, 1.54) is 6.07 Å². The molecule has 8 nitrogen and oxygen atoms in total. The van der Waals surface area contributed by atoms with Crippen LogP contribution in [0.5, 0.6) is 0 Å². The molecule has 1 aromatic carbocycles. The molecule has 0 atom stereocenters. The molecule has 0 spiro atoms. The number of nitrogens with zero attached hydrogens (tertiary/aromatic N) is 1. The number of carbonyl (C=O) groups excluding carboxylic acids is 1. The molecule has 2 aromatic heterocycles. The molecule has 3 aromatic rings. The first-order valence-corrected chi connectivity index (χ1v) is 12.2. The van der Waals surface area contributed by atoms with Gasteiger partial charge in [-0.3, -0.25) is 9.52 Å². The normalized spacial score (nSPS) is 12.3. The maximum Gasteiger partial charge on any atom is 0.232 e. The van der Waals surface area contributed by atoms with E-state index in [-0.39, 0.29) is 33.7 Å². The van der Waals surface area contributed by atoms with Gasteiger partial charge < -0.3 is 4.98 Å². The third kappa shape index (κ3) is 4.19. The van der Waals surface area contributed by atoms with Crippen molar-refractivity contribution in [2.45, 2.75) is 18.2 Å². The first kappa shape index (κ1) is 21.8. The predicted octanol–water partition coefficient (Wildman–Crippen LogP) is 2.63. The van der Waals surface area contributed by atoms with Crippen LogP contribution in [0.3, 0.4) is 0 Å². The number of halogens is 2. The van der Waals surface area contributed by atoms with E-state index in [0.717, 1.165) is 30.8 Å². The monoisotopic (exact) mass is 457 g/mol. The minimum absolute atomic E-state index is 0.0543. The second kappa shape index (κ2) is 7.76. The summed E-state index contributed by atoms with van der Waals surface area (Å²) in [7, 11) is -7.52. The number of ketones is 1. The number of aromatic nitrogens is 2. The highest BCUT2D eigenvalue weighted by atomic mass is 32.2. The molecule has 2 heterocycles. The molecule has 0 aliphatic rings. The molecule has 0 saturated heterocycles. The largest absolute Gasteiger partial charge is 0.345 e. The van der Waals surface area contributed by atoms with Crippen LogP contribution in [0.1, 0.15) is 29.3 Å². The summed E-state index contributed by atoms with van der Waals surface area (Å²) in [6, 6.07) is 2.83. The summed E-state index contributed by atoms with van der Waals surface area (Å²) in [5.41, 5.74) is -1.61. The summed E-state index contributed by atoms with van der Waals surface area (Å²) in [6.07, 6.45) is 3.47. The van der Waals surface area contributed by atoms with Gasteiger partial charge in [-0.25, -0.2) is 30.6 Å². The Morgan fingerprint density at radius 2 is 1.90 bits per heavy atom. The van der Waals surface area contributed by atoms with Crippen molar-refractivity contribution in [1.82, 2.24) is 9.97 Å². The van der Waals surface area contributed by atoms with E-state index in [1.54, 1.807) is 6.92 Å². The summed E-state index contributed by atoms with van der Waals surface area (Å²) in [5, 5.41) is 0.0543. The summed E-state index contributed by atoms with van der Waals surface area (Å²) >= 11 is 0. The Balaban J connectivity index is 2.13. The van der Waals surface area contributed by atoms with Gasteiger partial charge >= 0.3 is 0 Å². The number of carbonyl (C=O) groups is 1. The molecule has 160 valence electrons. The zero-order valence-corrected chi connectivity index (χ0v) is 17.5. The number of hydrogen-bond donors (Lipinski definition) is 2. The van der Waals surface area contributed by atoms with Crippen molar-refractivity contribution in [3.05, 3.63) is 53.4 Å². The molecule has 0 amide bonds. The van der Waals surface area contributed by atoms with Gasteiger partial charge in [-0.15, -0.1) is 0 Å². The van der Waals surface area contributed by atoms with Crippen molar-refractivity contribution >= 4 is 42.4 Å². The topological polar surface area (TPSA) is 126 Å². The van der Waals surface area contributed by atoms with E-state index >= 15 is 0 Å². The number of nitrogens with one attached hydrogen (secondary N) is 2. The Labute approximate surface area is 171 Å². The van der Waals surface area contributed by atoms with Crippen molar-refractivity contribution < 1.29 is 30.4 Å². The molecule has 0 aliphatic heterocycles. The summed E-state index contributed by atoms with van der Waals surface area (Å²) in [6.45, 7) is 1.62. The lowest BCUT2D eigenvalue weighted by Crippen LogP contribution is -2.18. The highest BCUT2D eigenvalue weighted by Crippen LogP contribution is 2.28. The lowest BCUT2D eigenvalue weighted by Gasteiger charge is -2.11. The average Bonchev–Trinajstić information content (AvgIpc) is 3.06. The van der Waals surface area contributed by atoms with Crippen molar-refractivity contribution in [3.63, 3.8) is 0 Å². The molecule has 30 heavy (non-hydrogen) atoms. The zero-order valence-electron chi connectivity index (χ0n) is 15.9. The highest BCUT2D eigenvalue weighted by molar-refractivity contribution is 7.92. The Kier molecular flexibility index (Phi) is 5.65. The van der Waals surface area contributed by atoms with E-state index in [2.05, 4.69) is 9.97 Å². The Bertz CT molecular complexity index is 1370. The van der Waals surface area contributed by atoms with Gasteiger partial charge in [0.25, 0.3) is 0 Å². The number of sulfonamides is 1. The number of pyridine rings is 1. The minimum Gasteiger partial charge on any atom is -0.345 e. The lowest BCUT2D eigenvalue weighted by atomic mass is 10.0. The predicted molar refractivity (Wildman–Crippen MR) is 107 cm³/mol. The third-order valence-electron chi connectivity index (χ3n) is 4.24. The molecule has 0 aliphatic carbocycles. The van der Waals surface area contributed by atoms with E-state index in [9.17, 15) is 30.4 Å². The van der Waals surface area contributed by atoms with E-state index in [0.29, 0.717) is 0 Å². The Hall–Kier alpha value is -2.86. The van der Waals surface area contributed by atoms with Gasteiger partial charge in [0.15, 0.2) is 15.7 Å². The maximum atomic E-state index is 14.9. The fourth-order valence-electron chi connectivity index (χ4n) is 2.84. The molecular formula is C18H17F2N3O5S2. The van der Waals surface area contributed by atoms with Crippen LogP contribution in [0.25, 0.3) is 11.0 Å². The van der Waals surface area contributed by atoms with Crippen molar-refractivity contribution in [1.29, 1.82) is 0 Å². The molecule has 2 N–H and O–H groups in total. The number of fused-ring (bicyclic) bond motifs is 1. The van der Waals surface area contributed by atoms with Crippen molar-refractivity contribution in [2.24, 2.45) is 0 Å². The number of rotatable bonds is 7. The van der Waals surface area contributed by atoms with Crippen LogP contribution in [0.4, 0.5) is 14.5 Å². The number of benzene rings is 1. The van der Waals surface area contributed by atoms with E-state index in [1.807, 2.05) is 4.72 Å². The average molecular weight is 457 g/mol. The number of aromatic amines is 1. The second-order valence-corrected chi connectivity index (χ2v) is 10.4. The molecule has 0 saturated carbocycles. The second-order valence-electron chi connectivity index (χ2n) is 6.58. The zero-order chi connectivity index (χ0) is 22.3.